The second kappa shape index (κ2) is 7.11. The first-order chi connectivity index (χ1) is 13.0. The van der Waals surface area contributed by atoms with E-state index in [0.717, 1.165) is 18.9 Å². The number of aromatic nitrogens is 3. The SMILES string of the molecule is Cc1c(C(=O)Nc2ccc(N3CCCCC3)nc2)sc2ncn(C)c(=O)c12. The quantitative estimate of drug-likeness (QED) is 0.752. The molecule has 140 valence electrons. The van der Waals surface area contributed by atoms with Crippen molar-refractivity contribution >= 4 is 39.0 Å². The summed E-state index contributed by atoms with van der Waals surface area (Å²) >= 11 is 1.23. The van der Waals surface area contributed by atoms with Gasteiger partial charge in [-0.25, -0.2) is 9.97 Å². The summed E-state index contributed by atoms with van der Waals surface area (Å²) in [4.78, 5) is 37.1. The Hall–Kier alpha value is -2.74. The zero-order chi connectivity index (χ0) is 19.0. The smallest absolute Gasteiger partial charge is 0.266 e. The van der Waals surface area contributed by atoms with E-state index < -0.39 is 0 Å². The van der Waals surface area contributed by atoms with Crippen LogP contribution in [0.3, 0.4) is 0 Å². The van der Waals surface area contributed by atoms with Crippen LogP contribution in [0.5, 0.6) is 0 Å². The van der Waals surface area contributed by atoms with Gasteiger partial charge in [-0.15, -0.1) is 11.3 Å². The van der Waals surface area contributed by atoms with Gasteiger partial charge in [0.25, 0.3) is 11.5 Å². The number of thiophene rings is 1. The molecular weight excluding hydrogens is 362 g/mol. The van der Waals surface area contributed by atoms with Gasteiger partial charge in [-0.2, -0.15) is 0 Å². The molecule has 3 aromatic heterocycles. The van der Waals surface area contributed by atoms with Crippen LogP contribution in [0, 0.1) is 6.92 Å². The van der Waals surface area contributed by atoms with Crippen LogP contribution in [0.4, 0.5) is 11.5 Å². The molecule has 1 aliphatic rings. The summed E-state index contributed by atoms with van der Waals surface area (Å²) in [6, 6.07) is 3.81. The first-order valence-corrected chi connectivity index (χ1v) is 9.83. The number of amides is 1. The topological polar surface area (TPSA) is 80.1 Å². The van der Waals surface area contributed by atoms with Crippen molar-refractivity contribution in [2.75, 3.05) is 23.3 Å². The molecule has 1 aliphatic heterocycles. The van der Waals surface area contributed by atoms with Crippen molar-refractivity contribution < 1.29 is 4.79 Å². The Morgan fingerprint density at radius 2 is 1.96 bits per heavy atom. The molecule has 4 rings (SSSR count). The maximum atomic E-state index is 12.7. The number of anilines is 2. The number of fused-ring (bicyclic) bond motifs is 1. The van der Waals surface area contributed by atoms with Crippen molar-refractivity contribution in [1.82, 2.24) is 14.5 Å². The minimum Gasteiger partial charge on any atom is -0.357 e. The summed E-state index contributed by atoms with van der Waals surface area (Å²) in [5.41, 5.74) is 1.16. The van der Waals surface area contributed by atoms with Gasteiger partial charge in [0, 0.05) is 20.1 Å². The fraction of sp³-hybridized carbons (Fsp3) is 0.368. The van der Waals surface area contributed by atoms with E-state index in [9.17, 15) is 9.59 Å². The molecule has 0 radical (unpaired) electrons. The average molecular weight is 383 g/mol. The number of hydrogen-bond acceptors (Lipinski definition) is 6. The monoisotopic (exact) mass is 383 g/mol. The van der Waals surface area contributed by atoms with Gasteiger partial charge < -0.3 is 14.8 Å². The molecule has 0 aliphatic carbocycles. The number of nitrogens with zero attached hydrogens (tertiary/aromatic N) is 4. The summed E-state index contributed by atoms with van der Waals surface area (Å²) < 4.78 is 1.42. The first-order valence-electron chi connectivity index (χ1n) is 9.01. The number of nitrogens with one attached hydrogen (secondary N) is 1. The fourth-order valence-electron chi connectivity index (χ4n) is 3.38. The van der Waals surface area contributed by atoms with Crippen LogP contribution < -0.4 is 15.8 Å². The van der Waals surface area contributed by atoms with Crippen molar-refractivity contribution in [3.05, 3.63) is 45.5 Å². The van der Waals surface area contributed by atoms with Crippen molar-refractivity contribution in [1.29, 1.82) is 0 Å². The second-order valence-electron chi connectivity index (χ2n) is 6.80. The molecule has 1 saturated heterocycles. The number of hydrogen-bond donors (Lipinski definition) is 1. The van der Waals surface area contributed by atoms with Crippen LogP contribution in [0.25, 0.3) is 10.2 Å². The van der Waals surface area contributed by atoms with E-state index >= 15 is 0 Å². The number of rotatable bonds is 3. The Kier molecular flexibility index (Phi) is 4.65. The molecule has 0 unspecified atom stereocenters. The zero-order valence-electron chi connectivity index (χ0n) is 15.4. The maximum absolute atomic E-state index is 12.7. The summed E-state index contributed by atoms with van der Waals surface area (Å²) in [5, 5.41) is 3.39. The van der Waals surface area contributed by atoms with Gasteiger partial charge in [-0.1, -0.05) is 0 Å². The normalized spacial score (nSPS) is 14.5. The number of pyridine rings is 1. The Bertz CT molecular complexity index is 1050. The largest absolute Gasteiger partial charge is 0.357 e. The third kappa shape index (κ3) is 3.32. The molecular formula is C19H21N5O2S. The lowest BCUT2D eigenvalue weighted by Gasteiger charge is -2.27. The van der Waals surface area contributed by atoms with Crippen LogP contribution in [-0.4, -0.2) is 33.5 Å². The van der Waals surface area contributed by atoms with Gasteiger partial charge in [0.2, 0.25) is 0 Å². The standard InChI is InChI=1S/C19H21N5O2S/c1-12-15-18(21-11-23(2)19(15)26)27-16(12)17(25)22-13-6-7-14(20-10-13)24-8-4-3-5-9-24/h6-7,10-11H,3-5,8-9H2,1-2H3,(H,22,25). The van der Waals surface area contributed by atoms with E-state index in [4.69, 9.17) is 0 Å². The molecule has 4 heterocycles. The van der Waals surface area contributed by atoms with Gasteiger partial charge in [-0.05, 0) is 43.9 Å². The summed E-state index contributed by atoms with van der Waals surface area (Å²) in [5.74, 6) is 0.698. The highest BCUT2D eigenvalue weighted by Gasteiger charge is 2.19. The Balaban J connectivity index is 1.55. The van der Waals surface area contributed by atoms with Gasteiger partial charge in [0.15, 0.2) is 0 Å². The molecule has 3 aromatic rings. The van der Waals surface area contributed by atoms with E-state index in [2.05, 4.69) is 20.2 Å². The molecule has 0 saturated carbocycles. The zero-order valence-corrected chi connectivity index (χ0v) is 16.2. The molecule has 0 spiro atoms. The van der Waals surface area contributed by atoms with Gasteiger partial charge in [0.1, 0.15) is 10.6 Å². The van der Waals surface area contributed by atoms with Crippen molar-refractivity contribution in [3.63, 3.8) is 0 Å². The number of piperidine rings is 1. The predicted molar refractivity (Wildman–Crippen MR) is 108 cm³/mol. The number of carbonyl (C=O) groups is 1. The van der Waals surface area contributed by atoms with Crippen molar-refractivity contribution in [2.24, 2.45) is 7.05 Å². The van der Waals surface area contributed by atoms with Gasteiger partial charge >= 0.3 is 0 Å². The minimum absolute atomic E-state index is 0.139. The number of carbonyl (C=O) groups excluding carboxylic acids is 1. The van der Waals surface area contributed by atoms with Crippen LogP contribution in [-0.2, 0) is 7.05 Å². The van der Waals surface area contributed by atoms with Crippen LogP contribution in [0.2, 0.25) is 0 Å². The van der Waals surface area contributed by atoms with Crippen LogP contribution in [0.1, 0.15) is 34.5 Å². The first kappa shape index (κ1) is 17.7. The lowest BCUT2D eigenvalue weighted by molar-refractivity contribution is 0.103. The van der Waals surface area contributed by atoms with E-state index in [0.29, 0.717) is 26.3 Å². The minimum atomic E-state index is -0.245. The Morgan fingerprint density at radius 3 is 2.67 bits per heavy atom. The van der Waals surface area contributed by atoms with E-state index in [-0.39, 0.29) is 11.5 Å². The molecule has 0 aromatic carbocycles. The van der Waals surface area contributed by atoms with E-state index in [1.165, 1.54) is 41.5 Å². The predicted octanol–water partition coefficient (Wildman–Crippen LogP) is 2.94. The average Bonchev–Trinajstić information content (AvgIpc) is 3.03. The number of aryl methyl sites for hydroxylation is 2. The lowest BCUT2D eigenvalue weighted by atomic mass is 10.1. The van der Waals surface area contributed by atoms with Crippen molar-refractivity contribution in [2.45, 2.75) is 26.2 Å². The molecule has 7 nitrogen and oxygen atoms in total. The van der Waals surface area contributed by atoms with Crippen LogP contribution in [0.15, 0.2) is 29.5 Å². The summed E-state index contributed by atoms with van der Waals surface area (Å²) in [7, 11) is 1.65. The molecule has 8 heteroatoms. The summed E-state index contributed by atoms with van der Waals surface area (Å²) in [6.45, 7) is 3.85. The Morgan fingerprint density at radius 1 is 1.19 bits per heavy atom. The molecule has 1 fully saturated rings. The Labute approximate surface area is 160 Å². The lowest BCUT2D eigenvalue weighted by Crippen LogP contribution is -2.30. The fourth-order valence-corrected chi connectivity index (χ4v) is 4.42. The highest BCUT2D eigenvalue weighted by atomic mass is 32.1. The van der Waals surface area contributed by atoms with Gasteiger partial charge in [-0.3, -0.25) is 9.59 Å². The van der Waals surface area contributed by atoms with Crippen LogP contribution >= 0.6 is 11.3 Å². The van der Waals surface area contributed by atoms with Crippen molar-refractivity contribution in [3.8, 4) is 0 Å². The molecule has 27 heavy (non-hydrogen) atoms. The molecule has 0 atom stereocenters. The molecule has 1 amide bonds. The maximum Gasteiger partial charge on any atom is 0.266 e. The molecule has 0 bridgehead atoms. The molecule has 1 N–H and O–H groups in total. The third-order valence-corrected chi connectivity index (χ3v) is 6.10. The van der Waals surface area contributed by atoms with Gasteiger partial charge in [0.05, 0.1) is 28.5 Å². The van der Waals surface area contributed by atoms with E-state index in [1.54, 1.807) is 20.2 Å². The highest BCUT2D eigenvalue weighted by Crippen LogP contribution is 2.27. The second-order valence-corrected chi connectivity index (χ2v) is 7.80. The summed E-state index contributed by atoms with van der Waals surface area (Å²) in [6.07, 6.45) is 6.82. The third-order valence-electron chi connectivity index (χ3n) is 4.90. The highest BCUT2D eigenvalue weighted by molar-refractivity contribution is 7.20. The van der Waals surface area contributed by atoms with E-state index in [1.807, 2.05) is 12.1 Å².